The molecular weight excluding hydrogens is 403 g/mol. The summed E-state index contributed by atoms with van der Waals surface area (Å²) in [6.07, 6.45) is 2.03. The largest absolute Gasteiger partial charge is 0.316 e. The molecule has 3 aromatic carbocycles. The number of carbonyl (C=O) groups excluding carboxylic acids is 1. The molecule has 0 saturated carbocycles. The van der Waals surface area contributed by atoms with Crippen LogP contribution in [-0.4, -0.2) is 22.5 Å². The second kappa shape index (κ2) is 8.76. The molecule has 0 radical (unpaired) electrons. The Labute approximate surface area is 176 Å². The Hall–Kier alpha value is -2.70. The predicted octanol–water partition coefficient (Wildman–Crippen LogP) is 5.61. The number of thiazole rings is 1. The first-order valence-corrected chi connectivity index (χ1v) is 11.4. The molecular formula is C23H19FN2OS2. The smallest absolute Gasteiger partial charge is 0.279 e. The van der Waals surface area contributed by atoms with Crippen molar-refractivity contribution in [3.63, 3.8) is 0 Å². The molecule has 1 aromatic heterocycles. The zero-order valence-corrected chi connectivity index (χ0v) is 17.5. The van der Waals surface area contributed by atoms with E-state index in [2.05, 4.69) is 4.99 Å². The van der Waals surface area contributed by atoms with Crippen LogP contribution in [0, 0.1) is 5.82 Å². The lowest BCUT2D eigenvalue weighted by Gasteiger charge is -2.04. The van der Waals surface area contributed by atoms with Gasteiger partial charge in [0.05, 0.1) is 10.2 Å². The molecule has 3 nitrogen and oxygen atoms in total. The maximum Gasteiger partial charge on any atom is 0.279 e. The Kier molecular flexibility index (Phi) is 5.92. The lowest BCUT2D eigenvalue weighted by Crippen LogP contribution is -2.18. The number of aromatic nitrogens is 1. The van der Waals surface area contributed by atoms with Crippen LogP contribution in [0.5, 0.6) is 0 Å². The summed E-state index contributed by atoms with van der Waals surface area (Å²) in [5.74, 6) is 0.302. The summed E-state index contributed by atoms with van der Waals surface area (Å²) in [4.78, 5) is 17.7. The zero-order chi connectivity index (χ0) is 20.2. The first-order valence-electron chi connectivity index (χ1n) is 9.18. The quantitative estimate of drug-likeness (QED) is 0.419. The number of rotatable bonds is 5. The third-order valence-corrected chi connectivity index (χ3v) is 6.23. The van der Waals surface area contributed by atoms with Crippen LogP contribution in [0.1, 0.15) is 10.4 Å². The van der Waals surface area contributed by atoms with Gasteiger partial charge in [-0.3, -0.25) is 4.79 Å². The minimum atomic E-state index is -0.297. The summed E-state index contributed by atoms with van der Waals surface area (Å²) in [5, 5.41) is 0. The monoisotopic (exact) mass is 422 g/mol. The molecule has 1 amide bonds. The number of hydrogen-bond donors (Lipinski definition) is 0. The maximum atomic E-state index is 13.6. The third kappa shape index (κ3) is 4.33. The average molecular weight is 423 g/mol. The van der Waals surface area contributed by atoms with E-state index >= 15 is 0 Å². The third-order valence-electron chi connectivity index (χ3n) is 4.60. The van der Waals surface area contributed by atoms with E-state index in [1.807, 2.05) is 53.3 Å². The van der Waals surface area contributed by atoms with Gasteiger partial charge in [0.2, 0.25) is 0 Å². The van der Waals surface area contributed by atoms with Gasteiger partial charge in [-0.1, -0.05) is 53.8 Å². The Morgan fingerprint density at radius 2 is 1.76 bits per heavy atom. The first kappa shape index (κ1) is 19.6. The molecule has 146 valence electrons. The van der Waals surface area contributed by atoms with Crippen molar-refractivity contribution < 1.29 is 9.18 Å². The van der Waals surface area contributed by atoms with Crippen molar-refractivity contribution in [2.75, 3.05) is 12.0 Å². The molecule has 0 fully saturated rings. The van der Waals surface area contributed by atoms with E-state index in [1.54, 1.807) is 30.0 Å². The number of halogens is 1. The molecule has 0 aliphatic rings. The Morgan fingerprint density at radius 3 is 2.48 bits per heavy atom. The van der Waals surface area contributed by atoms with Gasteiger partial charge in [0.15, 0.2) is 4.80 Å². The van der Waals surface area contributed by atoms with Gasteiger partial charge in [-0.25, -0.2) is 4.39 Å². The molecule has 29 heavy (non-hydrogen) atoms. The van der Waals surface area contributed by atoms with Crippen molar-refractivity contribution in [3.05, 3.63) is 89.0 Å². The van der Waals surface area contributed by atoms with Crippen LogP contribution in [0.4, 0.5) is 4.39 Å². The molecule has 0 aliphatic heterocycles. The second-order valence-electron chi connectivity index (χ2n) is 6.50. The van der Waals surface area contributed by atoms with Crippen LogP contribution < -0.4 is 4.80 Å². The van der Waals surface area contributed by atoms with Gasteiger partial charge in [-0.15, -0.1) is 0 Å². The van der Waals surface area contributed by atoms with Crippen LogP contribution in [0.2, 0.25) is 0 Å². The van der Waals surface area contributed by atoms with Gasteiger partial charge in [0.1, 0.15) is 5.82 Å². The van der Waals surface area contributed by atoms with E-state index < -0.39 is 0 Å². The van der Waals surface area contributed by atoms with Crippen molar-refractivity contribution in [1.82, 2.24) is 4.57 Å². The predicted molar refractivity (Wildman–Crippen MR) is 120 cm³/mol. The van der Waals surface area contributed by atoms with Crippen LogP contribution in [0.3, 0.4) is 0 Å². The number of benzene rings is 3. The molecule has 0 atom stereocenters. The molecule has 0 spiro atoms. The molecule has 0 unspecified atom stereocenters. The van der Waals surface area contributed by atoms with Crippen molar-refractivity contribution >= 4 is 39.2 Å². The van der Waals surface area contributed by atoms with Crippen molar-refractivity contribution in [2.24, 2.45) is 4.99 Å². The summed E-state index contributed by atoms with van der Waals surface area (Å²) in [7, 11) is 0. The van der Waals surface area contributed by atoms with E-state index in [0.717, 1.165) is 27.1 Å². The van der Waals surface area contributed by atoms with Crippen LogP contribution >= 0.6 is 23.1 Å². The second-order valence-corrected chi connectivity index (χ2v) is 8.50. The van der Waals surface area contributed by atoms with Gasteiger partial charge in [-0.2, -0.15) is 16.8 Å². The number of amides is 1. The lowest BCUT2D eigenvalue weighted by atomic mass is 10.0. The van der Waals surface area contributed by atoms with Gasteiger partial charge in [0, 0.05) is 17.9 Å². The summed E-state index contributed by atoms with van der Waals surface area (Å²) in [5.41, 5.74) is 3.58. The molecule has 0 bridgehead atoms. The van der Waals surface area contributed by atoms with E-state index in [9.17, 15) is 9.18 Å². The van der Waals surface area contributed by atoms with Gasteiger partial charge >= 0.3 is 0 Å². The fraction of sp³-hybridized carbons (Fsp3) is 0.130. The fourth-order valence-corrected chi connectivity index (χ4v) is 4.56. The normalized spacial score (nSPS) is 11.9. The highest BCUT2D eigenvalue weighted by Gasteiger charge is 2.10. The van der Waals surface area contributed by atoms with Crippen LogP contribution in [0.25, 0.3) is 21.3 Å². The van der Waals surface area contributed by atoms with E-state index in [1.165, 1.54) is 23.5 Å². The maximum absolute atomic E-state index is 13.6. The lowest BCUT2D eigenvalue weighted by molar-refractivity contribution is 0.0998. The number of fused-ring (bicyclic) bond motifs is 1. The zero-order valence-electron chi connectivity index (χ0n) is 15.8. The summed E-state index contributed by atoms with van der Waals surface area (Å²) < 4.78 is 16.4. The number of carbonyl (C=O) groups is 1. The molecule has 4 aromatic rings. The van der Waals surface area contributed by atoms with Gasteiger partial charge in [-0.05, 0) is 47.7 Å². The highest BCUT2D eigenvalue weighted by atomic mass is 32.2. The summed E-state index contributed by atoms with van der Waals surface area (Å²) in [6, 6.07) is 22.2. The Balaban J connectivity index is 1.70. The van der Waals surface area contributed by atoms with E-state index in [0.29, 0.717) is 16.9 Å². The number of thioether (sulfide) groups is 1. The minimum Gasteiger partial charge on any atom is -0.316 e. The summed E-state index contributed by atoms with van der Waals surface area (Å²) in [6.45, 7) is 0.714. The van der Waals surface area contributed by atoms with Crippen molar-refractivity contribution in [2.45, 2.75) is 6.54 Å². The minimum absolute atomic E-state index is 0.287. The highest BCUT2D eigenvalue weighted by molar-refractivity contribution is 7.98. The van der Waals surface area contributed by atoms with Crippen molar-refractivity contribution in [3.8, 4) is 11.1 Å². The topological polar surface area (TPSA) is 34.4 Å². The Morgan fingerprint density at radius 1 is 1.03 bits per heavy atom. The average Bonchev–Trinajstić information content (AvgIpc) is 3.08. The molecule has 1 heterocycles. The fourth-order valence-electron chi connectivity index (χ4n) is 3.12. The SMILES string of the molecule is CSCCn1c(=NC(=O)c2ccc(-c3ccccc3)cc2)sc2cc(F)ccc21. The molecule has 0 saturated heterocycles. The Bertz CT molecular complexity index is 1210. The number of nitrogens with zero attached hydrogens (tertiary/aromatic N) is 2. The van der Waals surface area contributed by atoms with Crippen LogP contribution in [0.15, 0.2) is 77.8 Å². The van der Waals surface area contributed by atoms with E-state index in [4.69, 9.17) is 0 Å². The highest BCUT2D eigenvalue weighted by Crippen LogP contribution is 2.21. The van der Waals surface area contributed by atoms with Crippen molar-refractivity contribution in [1.29, 1.82) is 0 Å². The molecule has 6 heteroatoms. The summed E-state index contributed by atoms with van der Waals surface area (Å²) >= 11 is 3.06. The van der Waals surface area contributed by atoms with Crippen LogP contribution in [-0.2, 0) is 6.54 Å². The number of aryl methyl sites for hydroxylation is 1. The van der Waals surface area contributed by atoms with Gasteiger partial charge < -0.3 is 4.57 Å². The molecule has 0 aliphatic carbocycles. The molecule has 0 N–H and O–H groups in total. The molecule has 4 rings (SSSR count). The van der Waals surface area contributed by atoms with Gasteiger partial charge in [0.25, 0.3) is 5.91 Å². The first-order chi connectivity index (χ1) is 14.2. The number of hydrogen-bond acceptors (Lipinski definition) is 3. The van der Waals surface area contributed by atoms with E-state index in [-0.39, 0.29) is 11.7 Å². The standard InChI is InChI=1S/C23H19FN2OS2/c1-28-14-13-26-20-12-11-19(24)15-21(20)29-23(26)25-22(27)18-9-7-17(8-10-18)16-5-3-2-4-6-16/h2-12,15H,13-14H2,1H3.